The summed E-state index contributed by atoms with van der Waals surface area (Å²) < 4.78 is 90.8. The van der Waals surface area contributed by atoms with Crippen LogP contribution in [-0.4, -0.2) is 33.9 Å². The van der Waals surface area contributed by atoms with E-state index >= 15 is 0 Å². The Bertz CT molecular complexity index is 1130. The van der Waals surface area contributed by atoms with Crippen LogP contribution in [0.2, 0.25) is 0 Å². The van der Waals surface area contributed by atoms with Crippen molar-refractivity contribution in [2.45, 2.75) is 35.5 Å². The molecule has 0 saturated heterocycles. The molecule has 0 radical (unpaired) electrons. The molecule has 0 fully saturated rings. The lowest BCUT2D eigenvalue weighted by atomic mass is 10.1. The molecule has 1 heterocycles. The van der Waals surface area contributed by atoms with E-state index in [-0.39, 0.29) is 18.7 Å². The number of nitrogens with two attached hydrogens (primary N) is 1. The van der Waals surface area contributed by atoms with Crippen LogP contribution in [0.3, 0.4) is 0 Å². The second-order valence-corrected chi connectivity index (χ2v) is 9.83. The molecule has 3 rings (SSSR count). The van der Waals surface area contributed by atoms with Crippen molar-refractivity contribution >= 4 is 25.7 Å². The molecule has 1 atom stereocenters. The number of halogens is 3. The van der Waals surface area contributed by atoms with Crippen molar-refractivity contribution in [3.63, 3.8) is 0 Å². The van der Waals surface area contributed by atoms with Gasteiger partial charge in [-0.15, -0.1) is 0 Å². The summed E-state index contributed by atoms with van der Waals surface area (Å²) in [5.74, 6) is 0. The second-order valence-electron chi connectivity index (χ2n) is 6.45. The quantitative estimate of drug-likeness (QED) is 0.745. The van der Waals surface area contributed by atoms with Crippen molar-refractivity contribution in [2.75, 3.05) is 11.9 Å². The standard InChI is InChI=1S/C17H18F3N3O4S2/c1-2-23-16(8-11-6-4-3-5-7-11)22-13-9-12(17(18,19)20)14(28(21,24)25)10-15(13)29(23,26)27/h3-7,9-10,16,22H,2,8H2,1H3,(H2,21,24,25). The van der Waals surface area contributed by atoms with Gasteiger partial charge in [0.1, 0.15) is 4.90 Å². The van der Waals surface area contributed by atoms with E-state index in [1.54, 1.807) is 37.3 Å². The Hall–Kier alpha value is -2.15. The molecule has 0 aliphatic carbocycles. The number of nitrogens with one attached hydrogen (secondary N) is 1. The van der Waals surface area contributed by atoms with Crippen LogP contribution in [0.4, 0.5) is 18.9 Å². The number of likely N-dealkylation sites (N-methyl/N-ethyl adjacent to an activating group) is 1. The van der Waals surface area contributed by atoms with Gasteiger partial charge in [0, 0.05) is 13.0 Å². The lowest BCUT2D eigenvalue weighted by Gasteiger charge is -2.37. The second kappa shape index (κ2) is 7.27. The van der Waals surface area contributed by atoms with E-state index in [1.807, 2.05) is 0 Å². The Morgan fingerprint density at radius 3 is 2.31 bits per heavy atom. The summed E-state index contributed by atoms with van der Waals surface area (Å²) in [5, 5.41) is 7.72. The van der Waals surface area contributed by atoms with Crippen molar-refractivity contribution in [2.24, 2.45) is 5.14 Å². The maximum absolute atomic E-state index is 13.4. The molecular formula is C17H18F3N3O4S2. The fraction of sp³-hybridized carbons (Fsp3) is 0.294. The Morgan fingerprint density at radius 1 is 1.17 bits per heavy atom. The third-order valence-corrected chi connectivity index (χ3v) is 7.51. The summed E-state index contributed by atoms with van der Waals surface area (Å²) in [6, 6.07) is 9.79. The van der Waals surface area contributed by atoms with E-state index < -0.39 is 47.7 Å². The third-order valence-electron chi connectivity index (χ3n) is 4.53. The molecule has 0 spiro atoms. The Kier molecular flexibility index (Phi) is 5.41. The van der Waals surface area contributed by atoms with Gasteiger partial charge in [0.2, 0.25) is 20.0 Å². The highest BCUT2D eigenvalue weighted by molar-refractivity contribution is 7.90. The van der Waals surface area contributed by atoms with Gasteiger partial charge >= 0.3 is 6.18 Å². The molecule has 0 aromatic heterocycles. The molecule has 7 nitrogen and oxygen atoms in total. The number of anilines is 1. The lowest BCUT2D eigenvalue weighted by Crippen LogP contribution is -2.49. The number of hydrogen-bond acceptors (Lipinski definition) is 5. The molecule has 3 N–H and O–H groups in total. The first-order valence-corrected chi connectivity index (χ1v) is 11.4. The molecule has 0 bridgehead atoms. The highest BCUT2D eigenvalue weighted by atomic mass is 32.2. The lowest BCUT2D eigenvalue weighted by molar-refractivity contribution is -0.139. The maximum atomic E-state index is 13.4. The van der Waals surface area contributed by atoms with Crippen LogP contribution in [0.1, 0.15) is 18.1 Å². The average molecular weight is 449 g/mol. The minimum atomic E-state index is -5.04. The fourth-order valence-electron chi connectivity index (χ4n) is 3.27. The zero-order valence-corrected chi connectivity index (χ0v) is 16.8. The minimum Gasteiger partial charge on any atom is -0.367 e. The predicted octanol–water partition coefficient (Wildman–Crippen LogP) is 2.36. The van der Waals surface area contributed by atoms with Gasteiger partial charge in [0.15, 0.2) is 0 Å². The highest BCUT2D eigenvalue weighted by Crippen LogP contribution is 2.41. The van der Waals surface area contributed by atoms with E-state index in [0.717, 1.165) is 9.87 Å². The summed E-state index contributed by atoms with van der Waals surface area (Å²) >= 11 is 0. The molecule has 1 unspecified atom stereocenters. The average Bonchev–Trinajstić information content (AvgIpc) is 2.60. The minimum absolute atomic E-state index is 0.0258. The molecule has 1 aliphatic rings. The molecule has 0 saturated carbocycles. The summed E-state index contributed by atoms with van der Waals surface area (Å²) in [6.45, 7) is 1.60. The van der Waals surface area contributed by atoms with Gasteiger partial charge in [-0.05, 0) is 17.7 Å². The fourth-order valence-corrected chi connectivity index (χ4v) is 5.83. The van der Waals surface area contributed by atoms with Crippen LogP contribution in [0.25, 0.3) is 0 Å². The van der Waals surface area contributed by atoms with Crippen molar-refractivity contribution in [1.29, 1.82) is 0 Å². The van der Waals surface area contributed by atoms with Crippen molar-refractivity contribution < 1.29 is 30.0 Å². The number of fused-ring (bicyclic) bond motifs is 1. The predicted molar refractivity (Wildman–Crippen MR) is 99.9 cm³/mol. The summed E-state index contributed by atoms with van der Waals surface area (Å²) in [4.78, 5) is -1.85. The van der Waals surface area contributed by atoms with Crippen LogP contribution < -0.4 is 10.5 Å². The summed E-state index contributed by atoms with van der Waals surface area (Å²) in [5.41, 5.74) is -1.07. The van der Waals surface area contributed by atoms with Gasteiger partial charge in [-0.1, -0.05) is 37.3 Å². The van der Waals surface area contributed by atoms with Crippen LogP contribution >= 0.6 is 0 Å². The van der Waals surface area contributed by atoms with E-state index in [0.29, 0.717) is 12.1 Å². The zero-order chi connectivity index (χ0) is 21.6. The van der Waals surface area contributed by atoms with Crippen molar-refractivity contribution in [3.05, 3.63) is 53.6 Å². The van der Waals surface area contributed by atoms with Crippen molar-refractivity contribution in [3.8, 4) is 0 Å². The van der Waals surface area contributed by atoms with Gasteiger partial charge in [0.05, 0.1) is 22.3 Å². The number of primary sulfonamides is 1. The van der Waals surface area contributed by atoms with Gasteiger partial charge in [-0.25, -0.2) is 22.0 Å². The van der Waals surface area contributed by atoms with Gasteiger partial charge in [-0.3, -0.25) is 0 Å². The normalized spacial score (nSPS) is 19.4. The smallest absolute Gasteiger partial charge is 0.367 e. The van der Waals surface area contributed by atoms with E-state index in [4.69, 9.17) is 5.14 Å². The summed E-state index contributed by atoms with van der Waals surface area (Å²) in [7, 11) is -9.08. The topological polar surface area (TPSA) is 110 Å². The monoisotopic (exact) mass is 449 g/mol. The molecule has 12 heteroatoms. The first kappa shape index (κ1) is 21.6. The Morgan fingerprint density at radius 2 is 1.79 bits per heavy atom. The SMILES string of the molecule is CCN1C(Cc2ccccc2)Nc2cc(C(F)(F)F)c(S(N)(=O)=O)cc2S1(=O)=O. The first-order valence-electron chi connectivity index (χ1n) is 8.46. The van der Waals surface area contributed by atoms with Crippen LogP contribution in [0.5, 0.6) is 0 Å². The van der Waals surface area contributed by atoms with Crippen LogP contribution in [0.15, 0.2) is 52.3 Å². The van der Waals surface area contributed by atoms with Gasteiger partial charge in [-0.2, -0.15) is 17.5 Å². The molecule has 0 amide bonds. The molecule has 2 aromatic rings. The molecule has 29 heavy (non-hydrogen) atoms. The summed E-state index contributed by atoms with van der Waals surface area (Å²) in [6.07, 6.45) is -5.69. The van der Waals surface area contributed by atoms with E-state index in [2.05, 4.69) is 5.32 Å². The van der Waals surface area contributed by atoms with E-state index in [9.17, 15) is 30.0 Å². The number of rotatable bonds is 4. The Labute approximate surface area is 166 Å². The number of benzene rings is 2. The number of sulfonamides is 2. The molecule has 1 aliphatic heterocycles. The molecular weight excluding hydrogens is 431 g/mol. The largest absolute Gasteiger partial charge is 0.417 e. The third kappa shape index (κ3) is 4.10. The molecule has 2 aromatic carbocycles. The number of alkyl halides is 3. The highest BCUT2D eigenvalue weighted by Gasteiger charge is 2.43. The zero-order valence-electron chi connectivity index (χ0n) is 15.1. The number of hydrogen-bond donors (Lipinski definition) is 2. The first-order chi connectivity index (χ1) is 13.4. The van der Waals surface area contributed by atoms with Crippen molar-refractivity contribution in [1.82, 2.24) is 4.31 Å². The number of nitrogens with zero attached hydrogens (tertiary/aromatic N) is 1. The molecule has 158 valence electrons. The van der Waals surface area contributed by atoms with Crippen LogP contribution in [-0.2, 0) is 32.6 Å². The van der Waals surface area contributed by atoms with Crippen LogP contribution in [0, 0.1) is 0 Å². The van der Waals surface area contributed by atoms with Gasteiger partial charge < -0.3 is 5.32 Å². The van der Waals surface area contributed by atoms with Gasteiger partial charge in [0.25, 0.3) is 0 Å². The maximum Gasteiger partial charge on any atom is 0.417 e. The Balaban J connectivity index is 2.20. The van der Waals surface area contributed by atoms with E-state index in [1.165, 1.54) is 0 Å².